The molecule has 4 heteroatoms. The highest BCUT2D eigenvalue weighted by molar-refractivity contribution is 5.91. The minimum Gasteiger partial charge on any atom is -0.465 e. The molecule has 3 rings (SSSR count). The molecule has 0 radical (unpaired) electrons. The largest absolute Gasteiger partial charge is 0.465 e. The minimum absolute atomic E-state index is 0.252. The maximum Gasteiger partial charge on any atom is 0.338 e. The van der Waals surface area contributed by atoms with E-state index in [1.54, 1.807) is 6.07 Å². The number of hydrogen-bond donors (Lipinski definition) is 0. The van der Waals surface area contributed by atoms with Crippen molar-refractivity contribution in [3.05, 3.63) is 71.3 Å². The SMILES string of the molecule is Cc1ccccc1C(=O)OC1CCCC1(Cc1ccccc1)C(=O)OCC(C)C. The van der Waals surface area contributed by atoms with Crippen molar-refractivity contribution in [2.45, 2.75) is 52.6 Å². The molecule has 1 fully saturated rings. The zero-order chi connectivity index (χ0) is 20.9. The van der Waals surface area contributed by atoms with Gasteiger partial charge in [-0.15, -0.1) is 0 Å². The molecule has 0 aromatic heterocycles. The summed E-state index contributed by atoms with van der Waals surface area (Å²) < 4.78 is 11.6. The normalized spacial score (nSPS) is 21.2. The molecule has 0 heterocycles. The number of carbonyl (C=O) groups is 2. The molecule has 154 valence electrons. The Labute approximate surface area is 173 Å². The molecule has 0 amide bonds. The minimum atomic E-state index is -0.839. The predicted octanol–water partition coefficient (Wildman–Crippen LogP) is 5.13. The van der Waals surface area contributed by atoms with Crippen LogP contribution in [0.2, 0.25) is 0 Å². The lowest BCUT2D eigenvalue weighted by Crippen LogP contribution is -2.44. The van der Waals surface area contributed by atoms with Crippen molar-refractivity contribution in [1.29, 1.82) is 0 Å². The van der Waals surface area contributed by atoms with Gasteiger partial charge in [-0.1, -0.05) is 62.4 Å². The summed E-state index contributed by atoms with van der Waals surface area (Å²) in [6.45, 7) is 6.29. The van der Waals surface area contributed by atoms with E-state index in [2.05, 4.69) is 0 Å². The van der Waals surface area contributed by atoms with Gasteiger partial charge < -0.3 is 9.47 Å². The highest BCUT2D eigenvalue weighted by atomic mass is 16.6. The molecule has 4 nitrogen and oxygen atoms in total. The highest BCUT2D eigenvalue weighted by Gasteiger charge is 2.52. The third kappa shape index (κ3) is 4.87. The van der Waals surface area contributed by atoms with E-state index in [1.165, 1.54) is 0 Å². The smallest absolute Gasteiger partial charge is 0.338 e. The summed E-state index contributed by atoms with van der Waals surface area (Å²) >= 11 is 0. The quantitative estimate of drug-likeness (QED) is 0.611. The number of rotatable bonds is 7. The first-order valence-electron chi connectivity index (χ1n) is 10.4. The van der Waals surface area contributed by atoms with Crippen LogP contribution < -0.4 is 0 Å². The number of aryl methyl sites for hydroxylation is 1. The van der Waals surface area contributed by atoms with E-state index in [9.17, 15) is 9.59 Å². The van der Waals surface area contributed by atoms with E-state index < -0.39 is 11.5 Å². The van der Waals surface area contributed by atoms with Crippen LogP contribution in [0.4, 0.5) is 0 Å². The van der Waals surface area contributed by atoms with Crippen molar-refractivity contribution >= 4 is 11.9 Å². The molecule has 1 saturated carbocycles. The third-order valence-electron chi connectivity index (χ3n) is 5.64. The Morgan fingerprint density at radius 1 is 1.07 bits per heavy atom. The Balaban J connectivity index is 1.87. The van der Waals surface area contributed by atoms with E-state index in [4.69, 9.17) is 9.47 Å². The first-order chi connectivity index (χ1) is 13.9. The first-order valence-corrected chi connectivity index (χ1v) is 10.4. The van der Waals surface area contributed by atoms with Crippen molar-refractivity contribution in [2.75, 3.05) is 6.61 Å². The second kappa shape index (κ2) is 9.25. The van der Waals surface area contributed by atoms with E-state index >= 15 is 0 Å². The van der Waals surface area contributed by atoms with Gasteiger partial charge in [0.05, 0.1) is 12.2 Å². The average molecular weight is 395 g/mol. The number of benzene rings is 2. The summed E-state index contributed by atoms with van der Waals surface area (Å²) in [5.74, 6) is -0.374. The lowest BCUT2D eigenvalue weighted by atomic mass is 9.78. The fourth-order valence-corrected chi connectivity index (χ4v) is 4.06. The predicted molar refractivity (Wildman–Crippen MR) is 113 cm³/mol. The highest BCUT2D eigenvalue weighted by Crippen LogP contribution is 2.44. The fraction of sp³-hybridized carbons (Fsp3) is 0.440. The molecule has 2 aromatic rings. The van der Waals surface area contributed by atoms with Crippen LogP contribution >= 0.6 is 0 Å². The molecular formula is C25H30O4. The zero-order valence-electron chi connectivity index (χ0n) is 17.5. The number of hydrogen-bond acceptors (Lipinski definition) is 4. The van der Waals surface area contributed by atoms with Crippen LogP contribution in [0.15, 0.2) is 54.6 Å². The molecule has 0 spiro atoms. The molecule has 1 aliphatic carbocycles. The second-order valence-corrected chi connectivity index (χ2v) is 8.41. The van der Waals surface area contributed by atoms with Gasteiger partial charge in [-0.3, -0.25) is 4.79 Å². The van der Waals surface area contributed by atoms with Gasteiger partial charge >= 0.3 is 11.9 Å². The lowest BCUT2D eigenvalue weighted by molar-refractivity contribution is -0.162. The van der Waals surface area contributed by atoms with Crippen LogP contribution in [-0.4, -0.2) is 24.6 Å². The van der Waals surface area contributed by atoms with Crippen molar-refractivity contribution < 1.29 is 19.1 Å². The van der Waals surface area contributed by atoms with Crippen LogP contribution in [0.25, 0.3) is 0 Å². The lowest BCUT2D eigenvalue weighted by Gasteiger charge is -2.33. The number of carbonyl (C=O) groups excluding carboxylic acids is 2. The number of ether oxygens (including phenoxy) is 2. The van der Waals surface area contributed by atoms with Crippen molar-refractivity contribution in [3.63, 3.8) is 0 Å². The van der Waals surface area contributed by atoms with E-state index in [0.29, 0.717) is 31.4 Å². The molecule has 2 aromatic carbocycles. The fourth-order valence-electron chi connectivity index (χ4n) is 4.06. The van der Waals surface area contributed by atoms with Gasteiger partial charge in [0, 0.05) is 0 Å². The van der Waals surface area contributed by atoms with Gasteiger partial charge in [0.15, 0.2) is 0 Å². The van der Waals surface area contributed by atoms with E-state index in [0.717, 1.165) is 17.5 Å². The monoisotopic (exact) mass is 394 g/mol. The van der Waals surface area contributed by atoms with Crippen LogP contribution in [0.5, 0.6) is 0 Å². The van der Waals surface area contributed by atoms with Crippen molar-refractivity contribution in [2.24, 2.45) is 11.3 Å². The Morgan fingerprint density at radius 3 is 2.45 bits per heavy atom. The molecule has 0 aliphatic heterocycles. The maximum atomic E-state index is 13.3. The van der Waals surface area contributed by atoms with Gasteiger partial charge in [0.1, 0.15) is 11.5 Å². The summed E-state index contributed by atoms with van der Waals surface area (Å²) in [6.07, 6.45) is 2.17. The van der Waals surface area contributed by atoms with Gasteiger partial charge in [-0.2, -0.15) is 0 Å². The summed E-state index contributed by atoms with van der Waals surface area (Å²) in [5.41, 5.74) is 1.62. The standard InChI is InChI=1S/C25H30O4/c1-18(2)17-28-24(27)25(16-20-11-5-4-6-12-20)15-9-14-22(25)29-23(26)21-13-8-7-10-19(21)3/h4-8,10-13,18,22H,9,14-17H2,1-3H3. The molecule has 29 heavy (non-hydrogen) atoms. The Kier molecular flexibility index (Phi) is 6.73. The molecule has 0 saturated heterocycles. The van der Waals surface area contributed by atoms with Crippen LogP contribution in [-0.2, 0) is 20.7 Å². The van der Waals surface area contributed by atoms with Crippen molar-refractivity contribution in [1.82, 2.24) is 0 Å². The number of esters is 2. The summed E-state index contributed by atoms with van der Waals surface area (Å²) in [7, 11) is 0. The van der Waals surface area contributed by atoms with Gasteiger partial charge in [0.2, 0.25) is 0 Å². The van der Waals surface area contributed by atoms with Crippen LogP contribution in [0.1, 0.15) is 54.6 Å². The van der Waals surface area contributed by atoms with Crippen molar-refractivity contribution in [3.8, 4) is 0 Å². The van der Waals surface area contributed by atoms with E-state index in [1.807, 2.05) is 69.3 Å². The van der Waals surface area contributed by atoms with Gasteiger partial charge in [-0.25, -0.2) is 4.79 Å². The molecule has 2 unspecified atom stereocenters. The molecule has 0 bridgehead atoms. The Hall–Kier alpha value is -2.62. The maximum absolute atomic E-state index is 13.3. The summed E-state index contributed by atoms with van der Waals surface area (Å²) in [4.78, 5) is 26.1. The third-order valence-corrected chi connectivity index (χ3v) is 5.64. The topological polar surface area (TPSA) is 52.6 Å². The average Bonchev–Trinajstić information content (AvgIpc) is 3.10. The molecule has 1 aliphatic rings. The molecule has 0 N–H and O–H groups in total. The Morgan fingerprint density at radius 2 is 1.76 bits per heavy atom. The van der Waals surface area contributed by atoms with Crippen LogP contribution in [0, 0.1) is 18.3 Å². The summed E-state index contributed by atoms with van der Waals surface area (Å²) in [5, 5.41) is 0. The van der Waals surface area contributed by atoms with E-state index in [-0.39, 0.29) is 17.9 Å². The Bertz CT molecular complexity index is 843. The summed E-state index contributed by atoms with van der Waals surface area (Å²) in [6, 6.07) is 17.3. The first kappa shape index (κ1) is 21.1. The zero-order valence-corrected chi connectivity index (χ0v) is 17.5. The van der Waals surface area contributed by atoms with Gasteiger partial charge in [-0.05, 0) is 55.7 Å². The second-order valence-electron chi connectivity index (χ2n) is 8.41. The molecule has 2 atom stereocenters. The molecular weight excluding hydrogens is 364 g/mol. The van der Waals surface area contributed by atoms with Gasteiger partial charge in [0.25, 0.3) is 0 Å². The van der Waals surface area contributed by atoms with Crippen LogP contribution in [0.3, 0.4) is 0 Å².